The molecule has 104 valence electrons. The summed E-state index contributed by atoms with van der Waals surface area (Å²) in [6.07, 6.45) is 0.746. The maximum absolute atomic E-state index is 5.93. The summed E-state index contributed by atoms with van der Waals surface area (Å²) in [6.45, 7) is 0. The van der Waals surface area contributed by atoms with E-state index in [-0.39, 0.29) is 0 Å². The fourth-order valence-electron chi connectivity index (χ4n) is 2.77. The number of aryl methyl sites for hydroxylation is 1. The van der Waals surface area contributed by atoms with Gasteiger partial charge < -0.3 is 10.3 Å². The molecule has 2 aromatic heterocycles. The number of nitrogen functional groups attached to an aromatic ring is 1. The highest BCUT2D eigenvalue weighted by Gasteiger charge is 2.15. The molecule has 2 aromatic carbocycles. The maximum Gasteiger partial charge on any atom is 0.236 e. The van der Waals surface area contributed by atoms with Crippen molar-refractivity contribution in [2.75, 3.05) is 5.73 Å². The molecule has 0 fully saturated rings. The molecule has 4 rings (SSSR count). The van der Waals surface area contributed by atoms with E-state index in [1.54, 1.807) is 0 Å². The quantitative estimate of drug-likeness (QED) is 0.572. The Kier molecular flexibility index (Phi) is 2.47. The molecule has 0 spiro atoms. The second-order valence-corrected chi connectivity index (χ2v) is 5.22. The molecular formula is C16H15N5. The zero-order chi connectivity index (χ0) is 14.4. The molecule has 5 heteroatoms. The fraction of sp³-hybridized carbons (Fsp3) is 0.125. The van der Waals surface area contributed by atoms with Crippen LogP contribution in [0.4, 0.5) is 5.69 Å². The topological polar surface area (TPSA) is 61.1 Å². The third kappa shape index (κ3) is 1.78. The summed E-state index contributed by atoms with van der Waals surface area (Å²) >= 11 is 0. The monoisotopic (exact) mass is 277 g/mol. The molecule has 0 saturated heterocycles. The molecule has 5 nitrogen and oxygen atoms in total. The standard InChI is InChI=1S/C16H15N5/c1-20-13-8-7-12(17)10-14(13)21-15(18-19-16(20)21)9-11-5-3-2-4-6-11/h2-8,10H,9,17H2,1H3. The Balaban J connectivity index is 1.96. The number of rotatable bonds is 2. The maximum atomic E-state index is 5.93. The lowest BCUT2D eigenvalue weighted by Crippen LogP contribution is -1.96. The first-order chi connectivity index (χ1) is 10.2. The highest BCUT2D eigenvalue weighted by atomic mass is 15.3. The van der Waals surface area contributed by atoms with Crippen molar-refractivity contribution in [2.24, 2.45) is 7.05 Å². The summed E-state index contributed by atoms with van der Waals surface area (Å²) < 4.78 is 4.12. The number of benzene rings is 2. The molecule has 0 aliphatic heterocycles. The minimum absolute atomic E-state index is 0.745. The van der Waals surface area contributed by atoms with Crippen molar-refractivity contribution in [1.82, 2.24) is 19.2 Å². The Labute approximate surface area is 121 Å². The Bertz CT molecular complexity index is 934. The number of fused-ring (bicyclic) bond motifs is 3. The van der Waals surface area contributed by atoms with Crippen molar-refractivity contribution in [3.05, 3.63) is 59.9 Å². The van der Waals surface area contributed by atoms with Gasteiger partial charge in [-0.3, -0.25) is 4.40 Å². The predicted octanol–water partition coefficient (Wildman–Crippen LogP) is 2.39. The number of aromatic nitrogens is 4. The molecule has 0 atom stereocenters. The van der Waals surface area contributed by atoms with Crippen LogP contribution < -0.4 is 5.73 Å². The summed E-state index contributed by atoms with van der Waals surface area (Å²) in [7, 11) is 1.99. The van der Waals surface area contributed by atoms with Crippen LogP contribution in [0.2, 0.25) is 0 Å². The average molecular weight is 277 g/mol. The van der Waals surface area contributed by atoms with Gasteiger partial charge in [-0.15, -0.1) is 10.2 Å². The first-order valence-electron chi connectivity index (χ1n) is 6.86. The summed E-state index contributed by atoms with van der Waals surface area (Å²) in [6, 6.07) is 16.2. The van der Waals surface area contributed by atoms with E-state index in [2.05, 4.69) is 26.7 Å². The summed E-state index contributed by atoms with van der Waals surface area (Å²) in [4.78, 5) is 0. The normalized spacial score (nSPS) is 11.5. The van der Waals surface area contributed by atoms with Crippen LogP contribution in [0.1, 0.15) is 11.4 Å². The molecule has 0 unspecified atom stereocenters. The van der Waals surface area contributed by atoms with Gasteiger partial charge in [0.05, 0.1) is 11.0 Å². The molecule has 0 aliphatic carbocycles. The minimum Gasteiger partial charge on any atom is -0.399 e. The van der Waals surface area contributed by atoms with E-state index in [0.29, 0.717) is 0 Å². The van der Waals surface area contributed by atoms with E-state index in [0.717, 1.165) is 34.7 Å². The van der Waals surface area contributed by atoms with Gasteiger partial charge in [-0.25, -0.2) is 0 Å². The van der Waals surface area contributed by atoms with E-state index in [1.165, 1.54) is 5.56 Å². The predicted molar refractivity (Wildman–Crippen MR) is 83.1 cm³/mol. The molecule has 0 aliphatic rings. The summed E-state index contributed by atoms with van der Waals surface area (Å²) in [5.41, 5.74) is 10.0. The van der Waals surface area contributed by atoms with E-state index in [1.807, 2.05) is 48.0 Å². The molecule has 0 radical (unpaired) electrons. The second kappa shape index (κ2) is 4.34. The molecule has 0 amide bonds. The van der Waals surface area contributed by atoms with E-state index in [4.69, 9.17) is 5.73 Å². The molecule has 4 aromatic rings. The number of imidazole rings is 1. The van der Waals surface area contributed by atoms with Crippen LogP contribution in [0.15, 0.2) is 48.5 Å². The van der Waals surface area contributed by atoms with E-state index >= 15 is 0 Å². The van der Waals surface area contributed by atoms with Gasteiger partial charge in [-0.1, -0.05) is 30.3 Å². The minimum atomic E-state index is 0.745. The van der Waals surface area contributed by atoms with Gasteiger partial charge in [-0.2, -0.15) is 0 Å². The molecule has 2 heterocycles. The molecule has 0 bridgehead atoms. The Morgan fingerprint density at radius 1 is 1.00 bits per heavy atom. The number of hydrogen-bond donors (Lipinski definition) is 1. The van der Waals surface area contributed by atoms with Gasteiger partial charge in [0.2, 0.25) is 5.78 Å². The van der Waals surface area contributed by atoms with Crippen LogP contribution in [0.5, 0.6) is 0 Å². The lowest BCUT2D eigenvalue weighted by molar-refractivity contribution is 0.943. The van der Waals surface area contributed by atoms with Gasteiger partial charge in [0.1, 0.15) is 5.82 Å². The van der Waals surface area contributed by atoms with Crippen LogP contribution in [0.3, 0.4) is 0 Å². The van der Waals surface area contributed by atoms with Crippen LogP contribution in [0.25, 0.3) is 16.8 Å². The summed E-state index contributed by atoms with van der Waals surface area (Å²) in [5, 5.41) is 8.66. The molecule has 0 saturated carbocycles. The van der Waals surface area contributed by atoms with Crippen molar-refractivity contribution >= 4 is 22.5 Å². The van der Waals surface area contributed by atoms with Crippen molar-refractivity contribution in [2.45, 2.75) is 6.42 Å². The molecular weight excluding hydrogens is 262 g/mol. The third-order valence-electron chi connectivity index (χ3n) is 3.82. The van der Waals surface area contributed by atoms with Gasteiger partial charge in [-0.05, 0) is 23.8 Å². The Morgan fingerprint density at radius 2 is 1.81 bits per heavy atom. The lowest BCUT2D eigenvalue weighted by atomic mass is 10.1. The van der Waals surface area contributed by atoms with Crippen molar-refractivity contribution in [3.63, 3.8) is 0 Å². The highest BCUT2D eigenvalue weighted by molar-refractivity contribution is 5.83. The first-order valence-corrected chi connectivity index (χ1v) is 6.86. The third-order valence-corrected chi connectivity index (χ3v) is 3.82. The average Bonchev–Trinajstić information content (AvgIpc) is 3.01. The number of nitrogens with two attached hydrogens (primary N) is 1. The van der Waals surface area contributed by atoms with Crippen molar-refractivity contribution in [3.8, 4) is 0 Å². The number of nitrogens with zero attached hydrogens (tertiary/aromatic N) is 4. The van der Waals surface area contributed by atoms with Gasteiger partial charge in [0.25, 0.3) is 0 Å². The van der Waals surface area contributed by atoms with E-state index in [9.17, 15) is 0 Å². The lowest BCUT2D eigenvalue weighted by Gasteiger charge is -2.00. The number of hydrogen-bond acceptors (Lipinski definition) is 3. The van der Waals surface area contributed by atoms with Crippen LogP contribution >= 0.6 is 0 Å². The van der Waals surface area contributed by atoms with E-state index < -0.39 is 0 Å². The van der Waals surface area contributed by atoms with Crippen LogP contribution in [0, 0.1) is 0 Å². The zero-order valence-corrected chi connectivity index (χ0v) is 11.7. The second-order valence-electron chi connectivity index (χ2n) is 5.22. The Hall–Kier alpha value is -2.82. The summed E-state index contributed by atoms with van der Waals surface area (Å²) in [5.74, 6) is 1.76. The SMILES string of the molecule is Cn1c2ccc(N)cc2n2c(Cc3ccccc3)nnc12. The number of anilines is 1. The van der Waals surface area contributed by atoms with Gasteiger partial charge >= 0.3 is 0 Å². The van der Waals surface area contributed by atoms with Crippen molar-refractivity contribution < 1.29 is 0 Å². The zero-order valence-electron chi connectivity index (χ0n) is 11.7. The largest absolute Gasteiger partial charge is 0.399 e. The van der Waals surface area contributed by atoms with Crippen LogP contribution in [-0.2, 0) is 13.5 Å². The highest BCUT2D eigenvalue weighted by Crippen LogP contribution is 2.23. The Morgan fingerprint density at radius 3 is 2.62 bits per heavy atom. The van der Waals surface area contributed by atoms with Crippen molar-refractivity contribution in [1.29, 1.82) is 0 Å². The smallest absolute Gasteiger partial charge is 0.236 e. The molecule has 2 N–H and O–H groups in total. The van der Waals surface area contributed by atoms with Crippen LogP contribution in [-0.4, -0.2) is 19.2 Å². The fourth-order valence-corrected chi connectivity index (χ4v) is 2.77. The van der Waals surface area contributed by atoms with Gasteiger partial charge in [0, 0.05) is 19.2 Å². The first kappa shape index (κ1) is 12.0. The van der Waals surface area contributed by atoms with Gasteiger partial charge in [0.15, 0.2) is 0 Å². The molecule has 21 heavy (non-hydrogen) atoms.